The maximum absolute atomic E-state index is 10.2. The first-order valence-corrected chi connectivity index (χ1v) is 11.1. The van der Waals surface area contributed by atoms with Crippen LogP contribution < -0.4 is 0 Å². The van der Waals surface area contributed by atoms with E-state index in [1.54, 1.807) is 0 Å². The van der Waals surface area contributed by atoms with E-state index in [9.17, 15) is 5.11 Å². The number of hydrogen-bond donors (Lipinski definition) is 1. The molecule has 2 aliphatic heterocycles. The SMILES string of the molecule is OC[C@]1(Cc2cccc(Cl)c2)CCCN(C2CSCCSC2)C1. The summed E-state index contributed by atoms with van der Waals surface area (Å²) in [5, 5.41) is 11.0. The Balaban J connectivity index is 1.70. The maximum atomic E-state index is 10.2. The van der Waals surface area contributed by atoms with Gasteiger partial charge in [-0.3, -0.25) is 4.90 Å². The molecule has 1 N–H and O–H groups in total. The molecule has 0 unspecified atom stereocenters. The van der Waals surface area contributed by atoms with Crippen molar-refractivity contribution in [2.45, 2.75) is 25.3 Å². The van der Waals surface area contributed by atoms with Crippen LogP contribution in [-0.4, -0.2) is 58.8 Å². The van der Waals surface area contributed by atoms with Gasteiger partial charge in [0.2, 0.25) is 0 Å². The average Bonchev–Trinajstić information content (AvgIpc) is 2.84. The molecule has 2 aliphatic rings. The van der Waals surface area contributed by atoms with Crippen LogP contribution in [0.4, 0.5) is 0 Å². The predicted octanol–water partition coefficient (Wildman–Crippen LogP) is 3.81. The number of likely N-dealkylation sites (tertiary alicyclic amines) is 1. The van der Waals surface area contributed by atoms with E-state index in [0.717, 1.165) is 24.4 Å². The summed E-state index contributed by atoms with van der Waals surface area (Å²) in [5.74, 6) is 5.04. The summed E-state index contributed by atoms with van der Waals surface area (Å²) in [6.07, 6.45) is 3.22. The van der Waals surface area contributed by atoms with Crippen molar-refractivity contribution < 1.29 is 5.11 Å². The number of nitrogens with zero attached hydrogens (tertiary/aromatic N) is 1. The van der Waals surface area contributed by atoms with Crippen LogP contribution in [0.25, 0.3) is 0 Å². The van der Waals surface area contributed by atoms with Gasteiger partial charge in [-0.15, -0.1) is 0 Å². The molecule has 2 saturated heterocycles. The van der Waals surface area contributed by atoms with Gasteiger partial charge in [-0.1, -0.05) is 23.7 Å². The fourth-order valence-electron chi connectivity index (χ4n) is 3.78. The first kappa shape index (κ1) is 17.9. The quantitative estimate of drug-likeness (QED) is 0.869. The van der Waals surface area contributed by atoms with Crippen LogP contribution in [0.3, 0.4) is 0 Å². The van der Waals surface area contributed by atoms with Crippen molar-refractivity contribution in [2.24, 2.45) is 5.41 Å². The average molecular weight is 372 g/mol. The normalized spacial score (nSPS) is 27.7. The van der Waals surface area contributed by atoms with E-state index in [1.807, 2.05) is 12.1 Å². The van der Waals surface area contributed by atoms with Crippen molar-refractivity contribution in [1.29, 1.82) is 0 Å². The van der Waals surface area contributed by atoms with Crippen molar-refractivity contribution in [1.82, 2.24) is 4.90 Å². The van der Waals surface area contributed by atoms with E-state index in [-0.39, 0.29) is 12.0 Å². The second-order valence-electron chi connectivity index (χ2n) is 6.84. The minimum atomic E-state index is -0.00936. The third-order valence-corrected chi connectivity index (χ3v) is 7.72. The molecule has 0 aliphatic carbocycles. The van der Waals surface area contributed by atoms with E-state index in [2.05, 4.69) is 40.6 Å². The van der Waals surface area contributed by atoms with E-state index < -0.39 is 0 Å². The van der Waals surface area contributed by atoms with Crippen molar-refractivity contribution in [3.63, 3.8) is 0 Å². The molecule has 5 heteroatoms. The van der Waals surface area contributed by atoms with E-state index in [0.29, 0.717) is 6.04 Å². The molecule has 0 spiro atoms. The van der Waals surface area contributed by atoms with E-state index in [1.165, 1.54) is 41.5 Å². The van der Waals surface area contributed by atoms with Crippen LogP contribution in [0, 0.1) is 5.41 Å². The second kappa shape index (κ2) is 8.48. The second-order valence-corrected chi connectivity index (χ2v) is 9.58. The minimum absolute atomic E-state index is 0.00936. The molecule has 2 nitrogen and oxygen atoms in total. The molecule has 0 saturated carbocycles. The minimum Gasteiger partial charge on any atom is -0.396 e. The van der Waals surface area contributed by atoms with Crippen LogP contribution in [0.2, 0.25) is 5.02 Å². The molecule has 0 bridgehead atoms. The zero-order valence-electron chi connectivity index (χ0n) is 13.5. The smallest absolute Gasteiger partial charge is 0.0502 e. The third kappa shape index (κ3) is 4.82. The summed E-state index contributed by atoms with van der Waals surface area (Å²) < 4.78 is 0. The van der Waals surface area contributed by atoms with Crippen molar-refractivity contribution in [2.75, 3.05) is 42.7 Å². The molecule has 1 atom stereocenters. The molecule has 2 heterocycles. The van der Waals surface area contributed by atoms with Gasteiger partial charge >= 0.3 is 0 Å². The number of aliphatic hydroxyl groups excluding tert-OH is 1. The monoisotopic (exact) mass is 371 g/mol. The van der Waals surface area contributed by atoms with Crippen molar-refractivity contribution in [3.8, 4) is 0 Å². The van der Waals surface area contributed by atoms with Crippen LogP contribution in [-0.2, 0) is 6.42 Å². The zero-order valence-corrected chi connectivity index (χ0v) is 15.9. The number of rotatable bonds is 4. The van der Waals surface area contributed by atoms with Gasteiger partial charge in [0, 0.05) is 46.0 Å². The Kier molecular flexibility index (Phi) is 6.62. The molecule has 0 radical (unpaired) electrons. The Labute approximate surface area is 153 Å². The first-order valence-electron chi connectivity index (χ1n) is 8.46. The Morgan fingerprint density at radius 2 is 2.04 bits per heavy atom. The van der Waals surface area contributed by atoms with Crippen LogP contribution in [0.5, 0.6) is 0 Å². The third-order valence-electron chi connectivity index (χ3n) is 5.00. The van der Waals surface area contributed by atoms with E-state index in [4.69, 9.17) is 11.6 Å². The largest absolute Gasteiger partial charge is 0.396 e. The van der Waals surface area contributed by atoms with Gasteiger partial charge in [0.05, 0.1) is 6.61 Å². The maximum Gasteiger partial charge on any atom is 0.0502 e. The highest BCUT2D eigenvalue weighted by Gasteiger charge is 2.37. The number of benzene rings is 1. The van der Waals surface area contributed by atoms with Crippen LogP contribution >= 0.6 is 35.1 Å². The number of thioether (sulfide) groups is 2. The fraction of sp³-hybridized carbons (Fsp3) is 0.667. The van der Waals surface area contributed by atoms with Gasteiger partial charge in [0.1, 0.15) is 0 Å². The highest BCUT2D eigenvalue weighted by molar-refractivity contribution is 8.03. The van der Waals surface area contributed by atoms with Gasteiger partial charge in [0.15, 0.2) is 0 Å². The molecule has 1 aromatic carbocycles. The lowest BCUT2D eigenvalue weighted by Gasteiger charge is -2.45. The van der Waals surface area contributed by atoms with Crippen LogP contribution in [0.1, 0.15) is 18.4 Å². The topological polar surface area (TPSA) is 23.5 Å². The molecule has 23 heavy (non-hydrogen) atoms. The van der Waals surface area contributed by atoms with Gasteiger partial charge < -0.3 is 5.11 Å². The summed E-state index contributed by atoms with van der Waals surface area (Å²) in [6, 6.07) is 8.79. The molecule has 2 fully saturated rings. The van der Waals surface area contributed by atoms with Crippen molar-refractivity contribution >= 4 is 35.1 Å². The molecular weight excluding hydrogens is 346 g/mol. The fourth-order valence-corrected chi connectivity index (χ4v) is 6.62. The Hall–Kier alpha value is 0.130. The number of aliphatic hydroxyl groups is 1. The highest BCUT2D eigenvalue weighted by Crippen LogP contribution is 2.36. The molecule has 0 aromatic heterocycles. The molecule has 0 amide bonds. The Morgan fingerprint density at radius 3 is 2.74 bits per heavy atom. The van der Waals surface area contributed by atoms with Gasteiger partial charge in [0.25, 0.3) is 0 Å². The number of piperidine rings is 1. The lowest BCUT2D eigenvalue weighted by atomic mass is 9.75. The van der Waals surface area contributed by atoms with E-state index >= 15 is 0 Å². The first-order chi connectivity index (χ1) is 11.2. The predicted molar refractivity (Wildman–Crippen MR) is 104 cm³/mol. The van der Waals surface area contributed by atoms with Crippen LogP contribution in [0.15, 0.2) is 24.3 Å². The van der Waals surface area contributed by atoms with Gasteiger partial charge in [-0.2, -0.15) is 23.5 Å². The molecular formula is C18H26ClNOS2. The molecule has 1 aromatic rings. The summed E-state index contributed by atoms with van der Waals surface area (Å²) in [7, 11) is 0. The standard InChI is InChI=1S/C18H26ClNOS2/c19-16-4-1-3-15(9-16)10-18(14-21)5-2-6-20(13-18)17-11-22-7-8-23-12-17/h1,3-4,9,17,21H,2,5-8,10-14H2/t18-/m0/s1. The number of hydrogen-bond acceptors (Lipinski definition) is 4. The molecule has 3 rings (SSSR count). The summed E-state index contributed by atoms with van der Waals surface area (Å²) in [5.41, 5.74) is 1.24. The summed E-state index contributed by atoms with van der Waals surface area (Å²) >= 11 is 10.3. The molecule has 128 valence electrons. The lowest BCUT2D eigenvalue weighted by Crippen LogP contribution is -2.51. The summed E-state index contributed by atoms with van der Waals surface area (Å²) in [6.45, 7) is 2.47. The summed E-state index contributed by atoms with van der Waals surface area (Å²) in [4.78, 5) is 2.65. The number of halogens is 1. The lowest BCUT2D eigenvalue weighted by molar-refractivity contribution is 0.0207. The van der Waals surface area contributed by atoms with Gasteiger partial charge in [-0.25, -0.2) is 0 Å². The van der Waals surface area contributed by atoms with Crippen molar-refractivity contribution in [3.05, 3.63) is 34.9 Å². The highest BCUT2D eigenvalue weighted by atomic mass is 35.5. The Morgan fingerprint density at radius 1 is 1.26 bits per heavy atom. The van der Waals surface area contributed by atoms with Gasteiger partial charge in [-0.05, 0) is 43.5 Å². The Bertz CT molecular complexity index is 508. The zero-order chi connectivity index (χ0) is 16.1.